The number of para-hydroxylation sites is 2. The molecule has 2 aromatic heterocycles. The van der Waals surface area contributed by atoms with Crippen molar-refractivity contribution < 1.29 is 19.4 Å². The maximum absolute atomic E-state index is 12.9. The molecule has 0 aliphatic rings. The van der Waals surface area contributed by atoms with Crippen LogP contribution in [0.4, 0.5) is 0 Å². The zero-order valence-corrected chi connectivity index (χ0v) is 17.2. The SMILES string of the molecule is COc1cc(-c2nc3cc4c(cc3n2)[n+]([O-])c2ccccc2n4O)ccc1OC(C)C. The molecule has 0 atom stereocenters. The molecule has 0 fully saturated rings. The normalized spacial score (nSPS) is 11.6. The molecule has 0 aliphatic carbocycles. The van der Waals surface area contributed by atoms with Gasteiger partial charge in [-0.3, -0.25) is 0 Å². The van der Waals surface area contributed by atoms with Crippen molar-refractivity contribution in [3.8, 4) is 22.9 Å². The number of imidazole rings is 1. The average Bonchev–Trinajstić information content (AvgIpc) is 3.19. The van der Waals surface area contributed by atoms with E-state index < -0.39 is 0 Å². The Labute approximate surface area is 177 Å². The van der Waals surface area contributed by atoms with Gasteiger partial charge in [0, 0.05) is 23.8 Å². The first kappa shape index (κ1) is 18.9. The highest BCUT2D eigenvalue weighted by Crippen LogP contribution is 2.33. The summed E-state index contributed by atoms with van der Waals surface area (Å²) in [5.74, 6) is 1.72. The highest BCUT2D eigenvalue weighted by atomic mass is 16.5. The number of hydrogen-bond acceptors (Lipinski definition) is 6. The van der Waals surface area contributed by atoms with Gasteiger partial charge >= 0.3 is 0 Å². The van der Waals surface area contributed by atoms with E-state index in [2.05, 4.69) is 9.97 Å². The van der Waals surface area contributed by atoms with Crippen LogP contribution in [0.3, 0.4) is 0 Å². The molecule has 0 saturated carbocycles. The molecule has 1 N–H and O–H groups in total. The summed E-state index contributed by atoms with van der Waals surface area (Å²) < 4.78 is 13.0. The Morgan fingerprint density at radius 2 is 1.68 bits per heavy atom. The minimum Gasteiger partial charge on any atom is -0.618 e. The Morgan fingerprint density at radius 3 is 2.42 bits per heavy atom. The van der Waals surface area contributed by atoms with Crippen LogP contribution in [0.2, 0.25) is 0 Å². The van der Waals surface area contributed by atoms with Crippen LogP contribution in [0.5, 0.6) is 11.5 Å². The molecule has 0 bridgehead atoms. The summed E-state index contributed by atoms with van der Waals surface area (Å²) in [5.41, 5.74) is 3.32. The summed E-state index contributed by atoms with van der Waals surface area (Å²) in [6.45, 7) is 3.90. The van der Waals surface area contributed by atoms with Crippen LogP contribution in [-0.2, 0) is 0 Å². The van der Waals surface area contributed by atoms with Crippen molar-refractivity contribution in [3.63, 3.8) is 0 Å². The maximum atomic E-state index is 12.9. The van der Waals surface area contributed by atoms with Crippen molar-refractivity contribution in [2.45, 2.75) is 20.0 Å². The third kappa shape index (κ3) is 3.04. The molecular weight excluding hydrogens is 396 g/mol. The predicted molar refractivity (Wildman–Crippen MR) is 116 cm³/mol. The predicted octanol–water partition coefficient (Wildman–Crippen LogP) is 4.07. The van der Waals surface area contributed by atoms with Crippen LogP contribution >= 0.6 is 0 Å². The number of rotatable bonds is 4. The summed E-state index contributed by atoms with van der Waals surface area (Å²) in [6, 6.07) is 15.7. The summed E-state index contributed by atoms with van der Waals surface area (Å²) in [7, 11) is 1.58. The van der Waals surface area contributed by atoms with Gasteiger partial charge in [-0.1, -0.05) is 12.1 Å². The van der Waals surface area contributed by atoms with Gasteiger partial charge in [-0.05, 0) is 38.1 Å². The van der Waals surface area contributed by atoms with Gasteiger partial charge in [0.15, 0.2) is 28.4 Å². The van der Waals surface area contributed by atoms with Crippen LogP contribution in [-0.4, -0.2) is 33.1 Å². The molecule has 0 spiro atoms. The van der Waals surface area contributed by atoms with Crippen LogP contribution in [0.25, 0.3) is 44.5 Å². The molecule has 156 valence electrons. The molecule has 31 heavy (non-hydrogen) atoms. The number of benzene rings is 3. The lowest BCUT2D eigenvalue weighted by Crippen LogP contribution is -2.30. The van der Waals surface area contributed by atoms with Gasteiger partial charge < -0.3 is 19.9 Å². The fourth-order valence-electron chi connectivity index (χ4n) is 3.68. The second kappa shape index (κ2) is 7.02. The zero-order chi connectivity index (χ0) is 21.7. The molecular formula is C23H20N4O4. The van der Waals surface area contributed by atoms with Gasteiger partial charge in [0.05, 0.1) is 24.2 Å². The Balaban J connectivity index is 1.68. The Kier molecular flexibility index (Phi) is 4.28. The van der Waals surface area contributed by atoms with E-state index in [1.165, 1.54) is 0 Å². The van der Waals surface area contributed by atoms with E-state index in [0.29, 0.717) is 50.4 Å². The summed E-state index contributed by atoms with van der Waals surface area (Å²) >= 11 is 0. The highest BCUT2D eigenvalue weighted by Gasteiger charge is 2.19. The van der Waals surface area contributed by atoms with E-state index in [-0.39, 0.29) is 6.10 Å². The molecule has 8 nitrogen and oxygen atoms in total. The number of methoxy groups -OCH3 is 1. The van der Waals surface area contributed by atoms with Gasteiger partial charge in [0.1, 0.15) is 0 Å². The van der Waals surface area contributed by atoms with Gasteiger partial charge in [0.2, 0.25) is 11.0 Å². The minimum atomic E-state index is 0.0180. The van der Waals surface area contributed by atoms with E-state index in [4.69, 9.17) is 9.47 Å². The van der Waals surface area contributed by atoms with Gasteiger partial charge in [-0.25, -0.2) is 9.97 Å². The lowest BCUT2D eigenvalue weighted by molar-refractivity contribution is -0.548. The first-order chi connectivity index (χ1) is 15.0. The molecule has 0 radical (unpaired) electrons. The maximum Gasteiger partial charge on any atom is 0.246 e. The van der Waals surface area contributed by atoms with Crippen LogP contribution in [0.15, 0.2) is 54.6 Å². The Bertz CT molecular complexity index is 1380. The Hall–Kier alpha value is -4.07. The summed E-state index contributed by atoms with van der Waals surface area (Å²) in [5, 5.41) is 23.6. The number of fused-ring (bicyclic) bond motifs is 3. The first-order valence-corrected chi connectivity index (χ1v) is 9.85. The fourth-order valence-corrected chi connectivity index (χ4v) is 3.68. The number of aromatic nitrogens is 4. The fraction of sp³-hybridized carbons (Fsp3) is 0.174. The van der Waals surface area contributed by atoms with E-state index in [0.717, 1.165) is 15.0 Å². The van der Waals surface area contributed by atoms with Crippen molar-refractivity contribution in [1.82, 2.24) is 14.7 Å². The lowest BCUT2D eigenvalue weighted by Gasteiger charge is -2.13. The first-order valence-electron chi connectivity index (χ1n) is 9.85. The Morgan fingerprint density at radius 1 is 0.935 bits per heavy atom. The van der Waals surface area contributed by atoms with E-state index in [9.17, 15) is 10.4 Å². The number of hydrogen-bond donors (Lipinski definition) is 1. The van der Waals surface area contributed by atoms with Crippen LogP contribution in [0.1, 0.15) is 13.8 Å². The smallest absolute Gasteiger partial charge is 0.246 e. The molecule has 0 saturated heterocycles. The van der Waals surface area contributed by atoms with E-state index in [1.807, 2.05) is 32.0 Å². The van der Waals surface area contributed by atoms with E-state index in [1.54, 1.807) is 43.5 Å². The van der Waals surface area contributed by atoms with Crippen molar-refractivity contribution in [3.05, 3.63) is 59.8 Å². The topological polar surface area (TPSA) is 96.3 Å². The molecule has 3 aromatic carbocycles. The minimum absolute atomic E-state index is 0.0180. The second-order valence-corrected chi connectivity index (χ2v) is 7.50. The largest absolute Gasteiger partial charge is 0.618 e. The van der Waals surface area contributed by atoms with Crippen LogP contribution in [0, 0.1) is 5.21 Å². The monoisotopic (exact) mass is 416 g/mol. The lowest BCUT2D eigenvalue weighted by atomic mass is 10.2. The quantitative estimate of drug-likeness (QED) is 0.205. The third-order valence-electron chi connectivity index (χ3n) is 5.08. The third-order valence-corrected chi connectivity index (χ3v) is 5.08. The number of ether oxygens (including phenoxy) is 2. The summed E-state index contributed by atoms with van der Waals surface area (Å²) in [6.07, 6.45) is 0.0180. The molecule has 5 aromatic rings. The summed E-state index contributed by atoms with van der Waals surface area (Å²) in [4.78, 5) is 9.21. The van der Waals surface area contributed by atoms with Crippen molar-refractivity contribution in [2.24, 2.45) is 0 Å². The van der Waals surface area contributed by atoms with Crippen molar-refractivity contribution >= 4 is 33.1 Å². The average molecular weight is 416 g/mol. The standard InChI is InChI=1S/C23H20N4O4/c1-13(2)31-21-9-8-14(10-22(21)30-3)23-24-15-11-19-20(12-16(15)25-23)27(29)18-7-5-4-6-17(18)26(19)28/h4-13,28H,1-3H3. The molecule has 2 heterocycles. The highest BCUT2D eigenvalue weighted by molar-refractivity contribution is 5.93. The van der Waals surface area contributed by atoms with Crippen molar-refractivity contribution in [2.75, 3.05) is 7.11 Å². The molecule has 0 unspecified atom stereocenters. The molecule has 5 rings (SSSR count). The van der Waals surface area contributed by atoms with Gasteiger partial charge in [0.25, 0.3) is 0 Å². The molecule has 0 aliphatic heterocycles. The van der Waals surface area contributed by atoms with E-state index >= 15 is 0 Å². The molecule has 8 heteroatoms. The number of nitrogens with zero attached hydrogens (tertiary/aromatic N) is 4. The molecule has 0 amide bonds. The van der Waals surface area contributed by atoms with Crippen molar-refractivity contribution in [1.29, 1.82) is 0 Å². The van der Waals surface area contributed by atoms with Gasteiger partial charge in [-0.15, -0.1) is 0 Å². The second-order valence-electron chi connectivity index (χ2n) is 7.50. The van der Waals surface area contributed by atoms with Gasteiger partial charge in [-0.2, -0.15) is 9.46 Å². The van der Waals surface area contributed by atoms with Crippen LogP contribution < -0.4 is 14.2 Å². The zero-order valence-electron chi connectivity index (χ0n) is 17.2.